The Balaban J connectivity index is 2.41. The molecule has 0 fully saturated rings. The van der Waals surface area contributed by atoms with Gasteiger partial charge in [0, 0.05) is 12.4 Å². The number of nitrogens with one attached hydrogen (secondary N) is 2. The lowest BCUT2D eigenvalue weighted by atomic mass is 10.3. The predicted molar refractivity (Wildman–Crippen MR) is 63.8 cm³/mol. The van der Waals surface area contributed by atoms with Gasteiger partial charge in [0.05, 0.1) is 10.7 Å². The number of para-hydroxylation sites is 1. The van der Waals surface area contributed by atoms with E-state index in [0.717, 1.165) is 6.42 Å². The number of anilines is 1. The lowest BCUT2D eigenvalue weighted by molar-refractivity contribution is 0.252. The summed E-state index contributed by atoms with van der Waals surface area (Å²) in [5, 5.41) is 5.83. The maximum Gasteiger partial charge on any atom is 0.319 e. The van der Waals surface area contributed by atoms with E-state index in [-0.39, 0.29) is 6.03 Å². The minimum atomic E-state index is -0.270. The number of rotatable bonds is 4. The van der Waals surface area contributed by atoms with Crippen molar-refractivity contribution in [1.82, 2.24) is 5.32 Å². The summed E-state index contributed by atoms with van der Waals surface area (Å²) in [5.41, 5.74) is 0.600. The van der Waals surface area contributed by atoms with E-state index in [1.54, 1.807) is 24.3 Å². The fourth-order valence-corrected chi connectivity index (χ4v) is 1.31. The summed E-state index contributed by atoms with van der Waals surface area (Å²) in [6.07, 6.45) is 0.748. The third-order valence-corrected chi connectivity index (χ3v) is 2.31. The molecule has 1 rings (SSSR count). The van der Waals surface area contributed by atoms with E-state index in [1.807, 2.05) is 0 Å². The third kappa shape index (κ3) is 4.40. The number of amides is 2. The van der Waals surface area contributed by atoms with E-state index in [2.05, 4.69) is 10.6 Å². The Bertz CT molecular complexity index is 331. The molecule has 0 aliphatic rings. The van der Waals surface area contributed by atoms with Crippen LogP contribution in [0.15, 0.2) is 24.3 Å². The highest BCUT2D eigenvalue weighted by Gasteiger charge is 2.03. The molecule has 0 heterocycles. The van der Waals surface area contributed by atoms with E-state index in [0.29, 0.717) is 23.1 Å². The van der Waals surface area contributed by atoms with E-state index >= 15 is 0 Å². The first-order valence-corrected chi connectivity index (χ1v) is 5.50. The smallest absolute Gasteiger partial charge is 0.319 e. The summed E-state index contributed by atoms with van der Waals surface area (Å²) < 4.78 is 0. The second-order valence-electron chi connectivity index (χ2n) is 2.90. The Morgan fingerprint density at radius 1 is 1.33 bits per heavy atom. The van der Waals surface area contributed by atoms with Crippen molar-refractivity contribution in [3.63, 3.8) is 0 Å². The third-order valence-electron chi connectivity index (χ3n) is 1.72. The molecule has 82 valence electrons. The number of hydrogen-bond acceptors (Lipinski definition) is 1. The summed E-state index contributed by atoms with van der Waals surface area (Å²) >= 11 is 11.3. The van der Waals surface area contributed by atoms with Crippen molar-refractivity contribution < 1.29 is 4.79 Å². The highest BCUT2D eigenvalue weighted by atomic mass is 35.5. The first-order valence-electron chi connectivity index (χ1n) is 4.59. The fraction of sp³-hybridized carbons (Fsp3) is 0.300. The van der Waals surface area contributed by atoms with Crippen LogP contribution < -0.4 is 10.6 Å². The van der Waals surface area contributed by atoms with Crippen molar-refractivity contribution in [2.24, 2.45) is 0 Å². The van der Waals surface area contributed by atoms with Gasteiger partial charge < -0.3 is 10.6 Å². The Kier molecular flexibility index (Phi) is 5.29. The molecule has 0 saturated heterocycles. The van der Waals surface area contributed by atoms with Crippen LogP contribution in [0.4, 0.5) is 10.5 Å². The van der Waals surface area contributed by atoms with Gasteiger partial charge in [0.25, 0.3) is 0 Å². The summed E-state index contributed by atoms with van der Waals surface area (Å²) in [7, 11) is 0. The van der Waals surface area contributed by atoms with E-state index < -0.39 is 0 Å². The number of carbonyl (C=O) groups is 1. The molecule has 2 amide bonds. The molecular weight excluding hydrogens is 235 g/mol. The van der Waals surface area contributed by atoms with Gasteiger partial charge in [0.15, 0.2) is 0 Å². The van der Waals surface area contributed by atoms with Crippen LogP contribution in [0.25, 0.3) is 0 Å². The Labute approximate surface area is 98.8 Å². The molecule has 3 nitrogen and oxygen atoms in total. The van der Waals surface area contributed by atoms with Gasteiger partial charge in [0.1, 0.15) is 0 Å². The van der Waals surface area contributed by atoms with Crippen LogP contribution in [0.5, 0.6) is 0 Å². The van der Waals surface area contributed by atoms with Crippen LogP contribution >= 0.6 is 23.2 Å². The molecule has 0 atom stereocenters. The first-order chi connectivity index (χ1) is 7.24. The number of carbonyl (C=O) groups excluding carboxylic acids is 1. The molecular formula is C10H12Cl2N2O. The van der Waals surface area contributed by atoms with Crippen molar-refractivity contribution in [2.45, 2.75) is 6.42 Å². The van der Waals surface area contributed by atoms with Crippen molar-refractivity contribution in [3.05, 3.63) is 29.3 Å². The minimum Gasteiger partial charge on any atom is -0.338 e. The Morgan fingerprint density at radius 3 is 2.73 bits per heavy atom. The quantitative estimate of drug-likeness (QED) is 0.623. The predicted octanol–water partition coefficient (Wildman–Crippen LogP) is 3.09. The molecule has 1 aromatic rings. The normalized spacial score (nSPS) is 9.73. The highest BCUT2D eigenvalue weighted by Crippen LogP contribution is 2.19. The van der Waals surface area contributed by atoms with Crippen molar-refractivity contribution in [3.8, 4) is 0 Å². The minimum absolute atomic E-state index is 0.270. The summed E-state index contributed by atoms with van der Waals surface area (Å²) in [6.45, 7) is 0.555. The van der Waals surface area contributed by atoms with Gasteiger partial charge >= 0.3 is 6.03 Å². The second kappa shape index (κ2) is 6.53. The fourth-order valence-electron chi connectivity index (χ4n) is 0.998. The summed E-state index contributed by atoms with van der Waals surface area (Å²) in [6, 6.07) is 6.80. The molecule has 15 heavy (non-hydrogen) atoms. The molecule has 0 bridgehead atoms. The molecule has 0 radical (unpaired) electrons. The van der Waals surface area contributed by atoms with Gasteiger partial charge in [-0.15, -0.1) is 11.6 Å². The lowest BCUT2D eigenvalue weighted by Gasteiger charge is -2.07. The summed E-state index contributed by atoms with van der Waals surface area (Å²) in [4.78, 5) is 11.3. The van der Waals surface area contributed by atoms with Gasteiger partial charge in [0.2, 0.25) is 0 Å². The molecule has 0 unspecified atom stereocenters. The molecule has 1 aromatic carbocycles. The molecule has 0 aliphatic heterocycles. The molecule has 2 N–H and O–H groups in total. The zero-order valence-corrected chi connectivity index (χ0v) is 9.61. The maximum absolute atomic E-state index is 11.3. The standard InChI is InChI=1S/C10H12Cl2N2O/c11-6-3-7-13-10(15)14-9-5-2-1-4-8(9)12/h1-2,4-5H,3,6-7H2,(H2,13,14,15). The van der Waals surface area contributed by atoms with Crippen LogP contribution in [-0.4, -0.2) is 18.5 Å². The van der Waals surface area contributed by atoms with E-state index in [4.69, 9.17) is 23.2 Å². The van der Waals surface area contributed by atoms with Gasteiger partial charge in [-0.05, 0) is 18.6 Å². The summed E-state index contributed by atoms with van der Waals surface area (Å²) in [5.74, 6) is 0.534. The zero-order chi connectivity index (χ0) is 11.1. The van der Waals surface area contributed by atoms with Crippen LogP contribution in [0.2, 0.25) is 5.02 Å². The van der Waals surface area contributed by atoms with Gasteiger partial charge in [-0.1, -0.05) is 23.7 Å². The first kappa shape index (κ1) is 12.1. The monoisotopic (exact) mass is 246 g/mol. The van der Waals surface area contributed by atoms with E-state index in [1.165, 1.54) is 0 Å². The largest absolute Gasteiger partial charge is 0.338 e. The Morgan fingerprint density at radius 2 is 2.07 bits per heavy atom. The lowest BCUT2D eigenvalue weighted by Crippen LogP contribution is -2.29. The molecule has 0 spiro atoms. The highest BCUT2D eigenvalue weighted by molar-refractivity contribution is 6.33. The van der Waals surface area contributed by atoms with Crippen LogP contribution in [0.3, 0.4) is 0 Å². The number of hydrogen-bond donors (Lipinski definition) is 2. The molecule has 0 aliphatic carbocycles. The molecule has 5 heteroatoms. The van der Waals surface area contributed by atoms with Gasteiger partial charge in [-0.25, -0.2) is 4.79 Å². The van der Waals surface area contributed by atoms with Crippen molar-refractivity contribution >= 4 is 34.9 Å². The topological polar surface area (TPSA) is 41.1 Å². The SMILES string of the molecule is O=C(NCCCCl)Nc1ccccc1Cl. The number of benzene rings is 1. The number of alkyl halides is 1. The number of urea groups is 1. The van der Waals surface area contributed by atoms with Gasteiger partial charge in [-0.2, -0.15) is 0 Å². The number of halogens is 2. The van der Waals surface area contributed by atoms with Crippen molar-refractivity contribution in [2.75, 3.05) is 17.7 Å². The zero-order valence-electron chi connectivity index (χ0n) is 8.09. The average Bonchev–Trinajstić information content (AvgIpc) is 2.22. The van der Waals surface area contributed by atoms with Crippen LogP contribution in [-0.2, 0) is 0 Å². The Hall–Kier alpha value is -0.930. The average molecular weight is 247 g/mol. The second-order valence-corrected chi connectivity index (χ2v) is 3.69. The van der Waals surface area contributed by atoms with Crippen LogP contribution in [0, 0.1) is 0 Å². The van der Waals surface area contributed by atoms with Crippen LogP contribution in [0.1, 0.15) is 6.42 Å². The van der Waals surface area contributed by atoms with Crippen molar-refractivity contribution in [1.29, 1.82) is 0 Å². The van der Waals surface area contributed by atoms with E-state index in [9.17, 15) is 4.79 Å². The molecule has 0 aromatic heterocycles. The maximum atomic E-state index is 11.3. The van der Waals surface area contributed by atoms with Gasteiger partial charge in [-0.3, -0.25) is 0 Å². The molecule has 0 saturated carbocycles.